The summed E-state index contributed by atoms with van der Waals surface area (Å²) in [5.41, 5.74) is -0.0917. The van der Waals surface area contributed by atoms with Crippen molar-refractivity contribution in [2.24, 2.45) is 5.92 Å². The number of hydrogen-bond donors (Lipinski definition) is 0. The SMILES string of the molecule is CCC(C)C(=O)On1cc(B2OC(C)(C)C(C)(C)O2)cn1. The van der Waals surface area contributed by atoms with Gasteiger partial charge < -0.3 is 14.1 Å². The molecule has 1 aliphatic rings. The van der Waals surface area contributed by atoms with Gasteiger partial charge >= 0.3 is 13.1 Å². The first-order valence-electron chi connectivity index (χ1n) is 7.28. The molecule has 21 heavy (non-hydrogen) atoms. The zero-order valence-electron chi connectivity index (χ0n) is 13.5. The van der Waals surface area contributed by atoms with Crippen molar-refractivity contribution < 1.29 is 18.9 Å². The molecule has 0 aliphatic carbocycles. The lowest BCUT2D eigenvalue weighted by Gasteiger charge is -2.32. The normalized spacial score (nSPS) is 21.3. The highest BCUT2D eigenvalue weighted by Crippen LogP contribution is 2.36. The molecule has 2 rings (SSSR count). The van der Waals surface area contributed by atoms with Gasteiger partial charge in [0.15, 0.2) is 0 Å². The van der Waals surface area contributed by atoms with E-state index in [9.17, 15) is 4.79 Å². The van der Waals surface area contributed by atoms with Gasteiger partial charge in [-0.2, -0.15) is 0 Å². The highest BCUT2D eigenvalue weighted by atomic mass is 16.7. The minimum absolute atomic E-state index is 0.158. The lowest BCUT2D eigenvalue weighted by molar-refractivity contribution is -0.150. The summed E-state index contributed by atoms with van der Waals surface area (Å²) in [5.74, 6) is -0.462. The highest BCUT2D eigenvalue weighted by molar-refractivity contribution is 6.61. The molecule has 0 radical (unpaired) electrons. The molecule has 1 unspecified atom stereocenters. The first-order valence-corrected chi connectivity index (χ1v) is 7.28. The van der Waals surface area contributed by atoms with E-state index >= 15 is 0 Å². The maximum atomic E-state index is 11.7. The average Bonchev–Trinajstić information content (AvgIpc) is 2.92. The van der Waals surface area contributed by atoms with Crippen molar-refractivity contribution in [1.29, 1.82) is 0 Å². The van der Waals surface area contributed by atoms with Gasteiger partial charge in [0, 0.05) is 5.46 Å². The van der Waals surface area contributed by atoms with Crippen molar-refractivity contribution in [2.75, 3.05) is 0 Å². The molecule has 1 atom stereocenters. The number of rotatable bonds is 4. The predicted octanol–water partition coefficient (Wildman–Crippen LogP) is 1.18. The fourth-order valence-corrected chi connectivity index (χ4v) is 1.82. The molecular formula is C14H23BN2O4. The number of carbonyl (C=O) groups is 1. The first-order chi connectivity index (χ1) is 9.66. The van der Waals surface area contributed by atoms with Crippen LogP contribution in [0.2, 0.25) is 0 Å². The second-order valence-corrected chi connectivity index (χ2v) is 6.48. The Bertz CT molecular complexity index is 511. The summed E-state index contributed by atoms with van der Waals surface area (Å²) < 4.78 is 11.8. The van der Waals surface area contributed by atoms with Crippen LogP contribution in [0.3, 0.4) is 0 Å². The summed E-state index contributed by atoms with van der Waals surface area (Å²) in [4.78, 5) is 18.1. The standard InChI is InChI=1S/C14H23BN2O4/c1-7-10(2)12(18)19-17-9-11(8-16-17)15-20-13(3,4)14(5,6)21-15/h8-10H,7H2,1-6H3. The fourth-order valence-electron chi connectivity index (χ4n) is 1.82. The van der Waals surface area contributed by atoms with Crippen molar-refractivity contribution in [1.82, 2.24) is 9.94 Å². The largest absolute Gasteiger partial charge is 0.498 e. The Kier molecular flexibility index (Phi) is 4.17. The van der Waals surface area contributed by atoms with Crippen molar-refractivity contribution in [3.8, 4) is 0 Å². The minimum Gasteiger partial charge on any atom is -0.399 e. The molecule has 6 nitrogen and oxygen atoms in total. The molecule has 2 heterocycles. The van der Waals surface area contributed by atoms with Crippen LogP contribution in [0.25, 0.3) is 0 Å². The van der Waals surface area contributed by atoms with Crippen LogP contribution in [0.15, 0.2) is 12.4 Å². The predicted molar refractivity (Wildman–Crippen MR) is 79.0 cm³/mol. The third-order valence-corrected chi connectivity index (χ3v) is 4.30. The summed E-state index contributed by atoms with van der Waals surface area (Å²) in [6.07, 6.45) is 3.93. The van der Waals surface area contributed by atoms with Crippen LogP contribution in [-0.4, -0.2) is 34.2 Å². The molecule has 0 saturated carbocycles. The van der Waals surface area contributed by atoms with Gasteiger partial charge in [-0.15, -0.1) is 5.10 Å². The quantitative estimate of drug-likeness (QED) is 0.780. The second kappa shape index (κ2) is 5.46. The maximum Gasteiger partial charge on any atom is 0.498 e. The summed E-state index contributed by atoms with van der Waals surface area (Å²) in [6.45, 7) is 11.7. The number of aromatic nitrogens is 2. The van der Waals surface area contributed by atoms with Gasteiger partial charge in [0.1, 0.15) is 0 Å². The molecule has 0 N–H and O–H groups in total. The number of nitrogens with zero attached hydrogens (tertiary/aromatic N) is 2. The highest BCUT2D eigenvalue weighted by Gasteiger charge is 2.52. The van der Waals surface area contributed by atoms with E-state index in [-0.39, 0.29) is 11.9 Å². The summed E-state index contributed by atoms with van der Waals surface area (Å²) in [5, 5.41) is 4.03. The Labute approximate surface area is 125 Å². The third-order valence-electron chi connectivity index (χ3n) is 4.30. The Morgan fingerprint density at radius 1 is 1.38 bits per heavy atom. The molecule has 0 amide bonds. The molecule has 1 aromatic heterocycles. The Hall–Kier alpha value is -1.34. The van der Waals surface area contributed by atoms with Gasteiger partial charge in [0.2, 0.25) is 0 Å². The van der Waals surface area contributed by atoms with Crippen molar-refractivity contribution in [3.05, 3.63) is 12.4 Å². The van der Waals surface area contributed by atoms with Crippen molar-refractivity contribution in [3.63, 3.8) is 0 Å². The molecule has 0 spiro atoms. The van der Waals surface area contributed by atoms with Crippen LogP contribution < -0.4 is 10.3 Å². The van der Waals surface area contributed by atoms with E-state index in [2.05, 4.69) is 5.10 Å². The van der Waals surface area contributed by atoms with E-state index in [4.69, 9.17) is 14.1 Å². The molecule has 1 fully saturated rings. The topological polar surface area (TPSA) is 62.6 Å². The minimum atomic E-state index is -0.508. The smallest absolute Gasteiger partial charge is 0.399 e. The Morgan fingerprint density at radius 2 is 1.95 bits per heavy atom. The summed E-state index contributed by atoms with van der Waals surface area (Å²) >= 11 is 0. The Balaban J connectivity index is 2.06. The molecule has 0 aromatic carbocycles. The van der Waals surface area contributed by atoms with Crippen molar-refractivity contribution in [2.45, 2.75) is 59.2 Å². The van der Waals surface area contributed by atoms with Crippen LogP contribution in [0, 0.1) is 5.92 Å². The molecule has 1 aromatic rings. The van der Waals surface area contributed by atoms with Gasteiger partial charge in [0.05, 0.1) is 29.5 Å². The monoisotopic (exact) mass is 294 g/mol. The van der Waals surface area contributed by atoms with Crippen LogP contribution in [0.1, 0.15) is 48.0 Å². The van der Waals surface area contributed by atoms with E-state index in [1.807, 2.05) is 41.5 Å². The first kappa shape index (κ1) is 16.0. The van der Waals surface area contributed by atoms with Crippen LogP contribution >= 0.6 is 0 Å². The molecular weight excluding hydrogens is 271 g/mol. The van der Waals surface area contributed by atoms with E-state index < -0.39 is 18.3 Å². The number of carbonyl (C=O) groups excluding carboxylic acids is 1. The van der Waals surface area contributed by atoms with Gasteiger partial charge in [-0.25, -0.2) is 4.79 Å². The van der Waals surface area contributed by atoms with E-state index in [0.717, 1.165) is 16.7 Å². The summed E-state index contributed by atoms with van der Waals surface area (Å²) in [7, 11) is -0.508. The van der Waals surface area contributed by atoms with Crippen LogP contribution in [-0.2, 0) is 14.1 Å². The molecule has 0 bridgehead atoms. The van der Waals surface area contributed by atoms with Gasteiger partial charge in [-0.1, -0.05) is 18.7 Å². The van der Waals surface area contributed by atoms with Gasteiger partial charge in [-0.3, -0.25) is 0 Å². The Morgan fingerprint density at radius 3 is 2.48 bits per heavy atom. The molecule has 1 aliphatic heterocycles. The average molecular weight is 294 g/mol. The van der Waals surface area contributed by atoms with E-state index in [0.29, 0.717) is 0 Å². The number of hydrogen-bond acceptors (Lipinski definition) is 5. The van der Waals surface area contributed by atoms with Gasteiger partial charge in [0.25, 0.3) is 0 Å². The zero-order valence-corrected chi connectivity index (χ0v) is 13.5. The van der Waals surface area contributed by atoms with Crippen LogP contribution in [0.4, 0.5) is 0 Å². The summed E-state index contributed by atoms with van der Waals surface area (Å²) in [6, 6.07) is 0. The lowest BCUT2D eigenvalue weighted by atomic mass is 9.82. The fraction of sp³-hybridized carbons (Fsp3) is 0.714. The van der Waals surface area contributed by atoms with E-state index in [1.165, 1.54) is 0 Å². The lowest BCUT2D eigenvalue weighted by Crippen LogP contribution is -2.41. The van der Waals surface area contributed by atoms with E-state index in [1.54, 1.807) is 12.4 Å². The van der Waals surface area contributed by atoms with Crippen LogP contribution in [0.5, 0.6) is 0 Å². The molecule has 1 saturated heterocycles. The third kappa shape index (κ3) is 3.13. The zero-order chi connectivity index (χ0) is 15.8. The molecule has 116 valence electrons. The second-order valence-electron chi connectivity index (χ2n) is 6.48. The van der Waals surface area contributed by atoms with Gasteiger partial charge in [-0.05, 0) is 34.1 Å². The van der Waals surface area contributed by atoms with Crippen molar-refractivity contribution >= 4 is 18.6 Å². The molecule has 7 heteroatoms. The maximum absolute atomic E-state index is 11.7.